The summed E-state index contributed by atoms with van der Waals surface area (Å²) in [6.07, 6.45) is 0.541. The van der Waals surface area contributed by atoms with Crippen molar-refractivity contribution in [3.05, 3.63) is 83.7 Å². The van der Waals surface area contributed by atoms with Gasteiger partial charge in [-0.05, 0) is 53.6 Å². The number of nitrogens with one attached hydrogen (secondary N) is 1. The van der Waals surface area contributed by atoms with Gasteiger partial charge in [-0.3, -0.25) is 9.52 Å². The average Bonchev–Trinajstić information content (AvgIpc) is 2.74. The number of halogens is 1. The average molecular weight is 413 g/mol. The number of sulfonamides is 1. The highest BCUT2D eigenvalue weighted by molar-refractivity contribution is 7.92. The molecule has 3 rings (SSSR count). The van der Waals surface area contributed by atoms with Gasteiger partial charge in [0.05, 0.1) is 23.3 Å². The van der Waals surface area contributed by atoms with Crippen LogP contribution in [0.5, 0.6) is 0 Å². The molecule has 0 aliphatic carbocycles. The van der Waals surface area contributed by atoms with Crippen LogP contribution in [0.2, 0.25) is 0 Å². The largest absolute Gasteiger partial charge is 0.465 e. The molecular formula is C21H16FNO5S. The lowest BCUT2D eigenvalue weighted by Gasteiger charge is -2.12. The van der Waals surface area contributed by atoms with Gasteiger partial charge < -0.3 is 4.74 Å². The van der Waals surface area contributed by atoms with Crippen molar-refractivity contribution in [1.29, 1.82) is 0 Å². The standard InChI is InChI=1S/C21H16FNO5S/c1-28-21(25)19-12-14(13-24)2-11-20(19)23-29(26,27)18-9-5-16(6-10-18)15-3-7-17(22)8-4-15/h2-13,23H,1H3. The van der Waals surface area contributed by atoms with Crippen molar-refractivity contribution in [1.82, 2.24) is 0 Å². The van der Waals surface area contributed by atoms with Crippen molar-refractivity contribution in [3.8, 4) is 11.1 Å². The summed E-state index contributed by atoms with van der Waals surface area (Å²) in [5, 5.41) is 0. The second-order valence-corrected chi connectivity index (χ2v) is 7.73. The van der Waals surface area contributed by atoms with E-state index in [2.05, 4.69) is 9.46 Å². The first-order valence-electron chi connectivity index (χ1n) is 8.40. The Kier molecular flexibility index (Phi) is 5.74. The minimum Gasteiger partial charge on any atom is -0.465 e. The molecule has 3 aromatic rings. The number of anilines is 1. The van der Waals surface area contributed by atoms with E-state index in [1.165, 1.54) is 42.5 Å². The Morgan fingerprint density at radius 2 is 1.55 bits per heavy atom. The molecule has 0 atom stereocenters. The number of carbonyl (C=O) groups is 2. The Morgan fingerprint density at radius 3 is 2.10 bits per heavy atom. The van der Waals surface area contributed by atoms with Crippen molar-refractivity contribution in [2.45, 2.75) is 4.90 Å². The van der Waals surface area contributed by atoms with Gasteiger partial charge in [0.2, 0.25) is 0 Å². The van der Waals surface area contributed by atoms with E-state index in [-0.39, 0.29) is 27.5 Å². The fraction of sp³-hybridized carbons (Fsp3) is 0.0476. The molecule has 0 spiro atoms. The zero-order valence-electron chi connectivity index (χ0n) is 15.3. The summed E-state index contributed by atoms with van der Waals surface area (Å²) in [7, 11) is -2.85. The number of aldehydes is 1. The second kappa shape index (κ2) is 8.24. The quantitative estimate of drug-likeness (QED) is 0.489. The number of carbonyl (C=O) groups excluding carboxylic acids is 2. The van der Waals surface area contributed by atoms with Gasteiger partial charge in [-0.15, -0.1) is 0 Å². The van der Waals surface area contributed by atoms with Crippen LogP contribution in [0.1, 0.15) is 20.7 Å². The number of methoxy groups -OCH3 is 1. The molecule has 1 N–H and O–H groups in total. The minimum atomic E-state index is -4.01. The van der Waals surface area contributed by atoms with E-state index in [9.17, 15) is 22.4 Å². The highest BCUT2D eigenvalue weighted by atomic mass is 32.2. The van der Waals surface area contributed by atoms with E-state index in [0.29, 0.717) is 6.29 Å². The molecule has 29 heavy (non-hydrogen) atoms. The van der Waals surface area contributed by atoms with Crippen LogP contribution in [0.4, 0.5) is 10.1 Å². The van der Waals surface area contributed by atoms with Crippen LogP contribution in [-0.4, -0.2) is 27.8 Å². The smallest absolute Gasteiger partial charge is 0.340 e. The maximum atomic E-state index is 13.1. The van der Waals surface area contributed by atoms with Gasteiger partial charge in [-0.25, -0.2) is 17.6 Å². The van der Waals surface area contributed by atoms with Crippen molar-refractivity contribution in [3.63, 3.8) is 0 Å². The summed E-state index contributed by atoms with van der Waals surface area (Å²) >= 11 is 0. The third kappa shape index (κ3) is 4.49. The molecule has 0 aliphatic heterocycles. The van der Waals surface area contributed by atoms with E-state index >= 15 is 0 Å². The van der Waals surface area contributed by atoms with Gasteiger partial charge >= 0.3 is 5.97 Å². The molecule has 0 amide bonds. The maximum absolute atomic E-state index is 13.1. The van der Waals surface area contributed by atoms with Crippen LogP contribution in [0.3, 0.4) is 0 Å². The van der Waals surface area contributed by atoms with E-state index in [4.69, 9.17) is 0 Å². The normalized spacial score (nSPS) is 11.0. The van der Waals surface area contributed by atoms with E-state index in [1.54, 1.807) is 24.3 Å². The van der Waals surface area contributed by atoms with Crippen LogP contribution in [0.25, 0.3) is 11.1 Å². The van der Waals surface area contributed by atoms with E-state index in [0.717, 1.165) is 18.2 Å². The maximum Gasteiger partial charge on any atom is 0.340 e. The molecule has 0 bridgehead atoms. The van der Waals surface area contributed by atoms with Crippen molar-refractivity contribution in [2.24, 2.45) is 0 Å². The molecule has 3 aromatic carbocycles. The van der Waals surface area contributed by atoms with Crippen molar-refractivity contribution >= 4 is 28.0 Å². The number of esters is 1. The molecule has 0 fully saturated rings. The summed E-state index contributed by atoms with van der Waals surface area (Å²) in [6, 6.07) is 15.8. The first kappa shape index (κ1) is 20.2. The van der Waals surface area contributed by atoms with Gasteiger partial charge in [0.25, 0.3) is 10.0 Å². The first-order valence-corrected chi connectivity index (χ1v) is 9.89. The second-order valence-electron chi connectivity index (χ2n) is 6.05. The molecule has 0 unspecified atom stereocenters. The summed E-state index contributed by atoms with van der Waals surface area (Å²) in [6.45, 7) is 0. The third-order valence-corrected chi connectivity index (χ3v) is 5.55. The molecule has 0 aliphatic rings. The number of hydrogen-bond acceptors (Lipinski definition) is 5. The van der Waals surface area contributed by atoms with Gasteiger partial charge in [-0.1, -0.05) is 24.3 Å². The molecule has 8 heteroatoms. The third-order valence-electron chi connectivity index (χ3n) is 4.17. The monoisotopic (exact) mass is 413 g/mol. The number of benzene rings is 3. The molecule has 6 nitrogen and oxygen atoms in total. The zero-order chi connectivity index (χ0) is 21.0. The highest BCUT2D eigenvalue weighted by Gasteiger charge is 2.20. The van der Waals surface area contributed by atoms with Crippen LogP contribution < -0.4 is 4.72 Å². The SMILES string of the molecule is COC(=O)c1cc(C=O)ccc1NS(=O)(=O)c1ccc(-c2ccc(F)cc2)cc1. The van der Waals surface area contributed by atoms with Crippen LogP contribution >= 0.6 is 0 Å². The molecule has 0 aromatic heterocycles. The summed E-state index contributed by atoms with van der Waals surface area (Å²) in [5.41, 5.74) is 1.57. The number of ether oxygens (including phenoxy) is 1. The summed E-state index contributed by atoms with van der Waals surface area (Å²) < 4.78 is 45.5. The fourth-order valence-corrected chi connectivity index (χ4v) is 3.76. The van der Waals surface area contributed by atoms with Crippen molar-refractivity contribution in [2.75, 3.05) is 11.8 Å². The summed E-state index contributed by atoms with van der Waals surface area (Å²) in [5.74, 6) is -1.14. The predicted molar refractivity (Wildman–Crippen MR) is 106 cm³/mol. The number of rotatable bonds is 6. The lowest BCUT2D eigenvalue weighted by molar-refractivity contribution is 0.0602. The minimum absolute atomic E-state index is 0.00920. The van der Waals surface area contributed by atoms with Gasteiger partial charge in [0.1, 0.15) is 12.1 Å². The first-order chi connectivity index (χ1) is 13.8. The summed E-state index contributed by atoms with van der Waals surface area (Å²) in [4.78, 5) is 22.9. The Morgan fingerprint density at radius 1 is 0.966 bits per heavy atom. The van der Waals surface area contributed by atoms with E-state index in [1.807, 2.05) is 0 Å². The molecule has 0 heterocycles. The zero-order valence-corrected chi connectivity index (χ0v) is 16.1. The van der Waals surface area contributed by atoms with Crippen LogP contribution in [-0.2, 0) is 14.8 Å². The fourth-order valence-electron chi connectivity index (χ4n) is 2.68. The van der Waals surface area contributed by atoms with Gasteiger partial charge in [0.15, 0.2) is 0 Å². The molecule has 148 valence electrons. The Hall–Kier alpha value is -3.52. The van der Waals surface area contributed by atoms with Crippen molar-refractivity contribution < 1.29 is 27.1 Å². The van der Waals surface area contributed by atoms with Gasteiger partial charge in [0, 0.05) is 5.56 Å². The van der Waals surface area contributed by atoms with Crippen LogP contribution in [0.15, 0.2) is 71.6 Å². The molecular weight excluding hydrogens is 397 g/mol. The predicted octanol–water partition coefficient (Wildman–Crippen LogP) is 3.89. The number of hydrogen-bond donors (Lipinski definition) is 1. The molecule has 0 radical (unpaired) electrons. The lowest BCUT2D eigenvalue weighted by Crippen LogP contribution is -2.16. The Labute approximate surface area is 167 Å². The molecule has 0 saturated carbocycles. The topological polar surface area (TPSA) is 89.5 Å². The lowest BCUT2D eigenvalue weighted by atomic mass is 10.1. The van der Waals surface area contributed by atoms with Gasteiger partial charge in [-0.2, -0.15) is 0 Å². The van der Waals surface area contributed by atoms with Crippen LogP contribution in [0, 0.1) is 5.82 Å². The highest BCUT2D eigenvalue weighted by Crippen LogP contribution is 2.25. The Bertz CT molecular complexity index is 1160. The Balaban J connectivity index is 1.91. The molecule has 0 saturated heterocycles. The van der Waals surface area contributed by atoms with E-state index < -0.39 is 16.0 Å².